The number of rotatable bonds is 8. The van der Waals surface area contributed by atoms with Crippen LogP contribution in [-0.2, 0) is 11.3 Å². The van der Waals surface area contributed by atoms with Crippen molar-refractivity contribution in [3.63, 3.8) is 0 Å². The summed E-state index contributed by atoms with van der Waals surface area (Å²) in [5.41, 5.74) is 1.40. The summed E-state index contributed by atoms with van der Waals surface area (Å²) >= 11 is 0. The smallest absolute Gasteiger partial charge is 0.0716 e. The van der Waals surface area contributed by atoms with Crippen LogP contribution < -0.4 is 0 Å². The highest BCUT2D eigenvalue weighted by Gasteiger charge is 2.27. The number of hydrogen-bond acceptors (Lipinski definition) is 2. The van der Waals surface area contributed by atoms with Gasteiger partial charge in [-0.2, -0.15) is 0 Å². The molecule has 1 rings (SSSR count). The number of hydrogen-bond donors (Lipinski definition) is 1. The second-order valence-corrected chi connectivity index (χ2v) is 6.95. The molecule has 0 amide bonds. The zero-order valence-electron chi connectivity index (χ0n) is 12.8. The van der Waals surface area contributed by atoms with Gasteiger partial charge < -0.3 is 9.84 Å². The van der Waals surface area contributed by atoms with Crippen LogP contribution in [0.1, 0.15) is 46.1 Å². The standard InChI is InChI=1S/C17H28O2/c1-16(2,13-17(3,4)14-18)10-11-19-12-15-8-6-5-7-9-15/h5-9,18H,10-14H2,1-4H3. The van der Waals surface area contributed by atoms with E-state index in [0.717, 1.165) is 19.4 Å². The molecular formula is C17H28O2. The third-order valence-electron chi connectivity index (χ3n) is 3.42. The van der Waals surface area contributed by atoms with Crippen LogP contribution in [0, 0.1) is 10.8 Å². The van der Waals surface area contributed by atoms with Gasteiger partial charge in [-0.3, -0.25) is 0 Å². The largest absolute Gasteiger partial charge is 0.396 e. The molecule has 19 heavy (non-hydrogen) atoms. The third kappa shape index (κ3) is 6.74. The summed E-state index contributed by atoms with van der Waals surface area (Å²) in [6.07, 6.45) is 2.02. The minimum atomic E-state index is -0.0110. The number of aliphatic hydroxyl groups is 1. The van der Waals surface area contributed by atoms with Crippen molar-refractivity contribution in [3.05, 3.63) is 35.9 Å². The highest BCUT2D eigenvalue weighted by atomic mass is 16.5. The molecule has 0 unspecified atom stereocenters. The molecule has 1 N–H and O–H groups in total. The van der Waals surface area contributed by atoms with E-state index in [1.165, 1.54) is 5.56 Å². The van der Waals surface area contributed by atoms with Crippen LogP contribution in [0.3, 0.4) is 0 Å². The molecular weight excluding hydrogens is 236 g/mol. The highest BCUT2D eigenvalue weighted by molar-refractivity contribution is 5.13. The lowest BCUT2D eigenvalue weighted by Gasteiger charge is -2.33. The van der Waals surface area contributed by atoms with Gasteiger partial charge in [0.05, 0.1) is 6.61 Å². The van der Waals surface area contributed by atoms with Gasteiger partial charge in [0.1, 0.15) is 0 Å². The number of benzene rings is 1. The van der Waals surface area contributed by atoms with Crippen LogP contribution >= 0.6 is 0 Å². The van der Waals surface area contributed by atoms with Crippen molar-refractivity contribution in [2.75, 3.05) is 13.2 Å². The number of aliphatic hydroxyl groups excluding tert-OH is 1. The first-order chi connectivity index (χ1) is 8.85. The average molecular weight is 264 g/mol. The number of ether oxygens (including phenoxy) is 1. The first kappa shape index (κ1) is 16.2. The molecule has 0 aliphatic rings. The molecule has 1 aromatic carbocycles. The van der Waals surface area contributed by atoms with Gasteiger partial charge in [0, 0.05) is 13.2 Å². The second kappa shape index (κ2) is 7.06. The van der Waals surface area contributed by atoms with Crippen LogP contribution in [0.4, 0.5) is 0 Å². The second-order valence-electron chi connectivity index (χ2n) is 6.95. The predicted octanol–water partition coefficient (Wildman–Crippen LogP) is 4.03. The Labute approximate surface area is 117 Å². The van der Waals surface area contributed by atoms with E-state index in [1.54, 1.807) is 0 Å². The van der Waals surface area contributed by atoms with E-state index in [4.69, 9.17) is 4.74 Å². The molecule has 0 atom stereocenters. The first-order valence-corrected chi connectivity index (χ1v) is 7.07. The molecule has 0 aromatic heterocycles. The fourth-order valence-corrected chi connectivity index (χ4v) is 2.55. The van der Waals surface area contributed by atoms with E-state index < -0.39 is 0 Å². The Kier molecular flexibility index (Phi) is 6.02. The minimum Gasteiger partial charge on any atom is -0.396 e. The maximum Gasteiger partial charge on any atom is 0.0716 e. The van der Waals surface area contributed by atoms with Gasteiger partial charge in [0.25, 0.3) is 0 Å². The maximum absolute atomic E-state index is 9.35. The molecule has 0 bridgehead atoms. The van der Waals surface area contributed by atoms with Gasteiger partial charge in [-0.1, -0.05) is 58.0 Å². The van der Waals surface area contributed by atoms with E-state index in [1.807, 2.05) is 18.2 Å². The SMILES string of the molecule is CC(C)(CO)CC(C)(C)CCOCc1ccccc1. The van der Waals surface area contributed by atoms with Crippen molar-refractivity contribution >= 4 is 0 Å². The summed E-state index contributed by atoms with van der Waals surface area (Å²) in [6.45, 7) is 10.4. The molecule has 108 valence electrons. The van der Waals surface area contributed by atoms with Gasteiger partial charge in [-0.15, -0.1) is 0 Å². The molecule has 0 saturated carbocycles. The van der Waals surface area contributed by atoms with E-state index in [2.05, 4.69) is 39.8 Å². The molecule has 0 heterocycles. The quantitative estimate of drug-likeness (QED) is 0.718. The lowest BCUT2D eigenvalue weighted by Crippen LogP contribution is -2.27. The van der Waals surface area contributed by atoms with Crippen molar-refractivity contribution in [3.8, 4) is 0 Å². The Morgan fingerprint density at radius 2 is 1.63 bits per heavy atom. The van der Waals surface area contributed by atoms with E-state index in [-0.39, 0.29) is 17.4 Å². The Morgan fingerprint density at radius 1 is 1.00 bits per heavy atom. The zero-order valence-corrected chi connectivity index (χ0v) is 12.8. The normalized spacial score (nSPS) is 12.7. The van der Waals surface area contributed by atoms with Crippen LogP contribution in [0.2, 0.25) is 0 Å². The predicted molar refractivity (Wildman–Crippen MR) is 80.0 cm³/mol. The fourth-order valence-electron chi connectivity index (χ4n) is 2.55. The van der Waals surface area contributed by atoms with Gasteiger partial charge in [0.2, 0.25) is 0 Å². The average Bonchev–Trinajstić information content (AvgIpc) is 2.35. The topological polar surface area (TPSA) is 29.5 Å². The highest BCUT2D eigenvalue weighted by Crippen LogP contribution is 2.35. The Hall–Kier alpha value is -0.860. The minimum absolute atomic E-state index is 0.0110. The van der Waals surface area contributed by atoms with Crippen LogP contribution in [0.5, 0.6) is 0 Å². The lowest BCUT2D eigenvalue weighted by molar-refractivity contribution is 0.0581. The Morgan fingerprint density at radius 3 is 2.21 bits per heavy atom. The van der Waals surface area contributed by atoms with E-state index >= 15 is 0 Å². The van der Waals surface area contributed by atoms with Crippen LogP contribution in [0.15, 0.2) is 30.3 Å². The molecule has 0 radical (unpaired) electrons. The van der Waals surface area contributed by atoms with Crippen LogP contribution in [-0.4, -0.2) is 18.3 Å². The van der Waals surface area contributed by atoms with Crippen molar-refractivity contribution < 1.29 is 9.84 Å². The molecule has 2 nitrogen and oxygen atoms in total. The van der Waals surface area contributed by atoms with Crippen molar-refractivity contribution in [2.45, 2.75) is 47.1 Å². The molecule has 1 aromatic rings. The lowest BCUT2D eigenvalue weighted by atomic mass is 9.74. The first-order valence-electron chi connectivity index (χ1n) is 7.07. The molecule has 0 spiro atoms. The zero-order chi connectivity index (χ0) is 14.4. The van der Waals surface area contributed by atoms with Crippen molar-refractivity contribution in [2.24, 2.45) is 10.8 Å². The van der Waals surface area contributed by atoms with E-state index in [0.29, 0.717) is 6.61 Å². The summed E-state index contributed by atoms with van der Waals surface area (Å²) < 4.78 is 5.74. The molecule has 0 saturated heterocycles. The monoisotopic (exact) mass is 264 g/mol. The summed E-state index contributed by atoms with van der Waals surface area (Å²) in [5.74, 6) is 0. The summed E-state index contributed by atoms with van der Waals surface area (Å²) in [7, 11) is 0. The molecule has 2 heteroatoms. The molecule has 0 aliphatic heterocycles. The third-order valence-corrected chi connectivity index (χ3v) is 3.42. The fraction of sp³-hybridized carbons (Fsp3) is 0.647. The van der Waals surface area contributed by atoms with Crippen molar-refractivity contribution in [1.29, 1.82) is 0 Å². The van der Waals surface area contributed by atoms with E-state index in [9.17, 15) is 5.11 Å². The Balaban J connectivity index is 2.28. The van der Waals surface area contributed by atoms with Gasteiger partial charge in [-0.25, -0.2) is 0 Å². The van der Waals surface area contributed by atoms with Crippen molar-refractivity contribution in [1.82, 2.24) is 0 Å². The summed E-state index contributed by atoms with van der Waals surface area (Å²) in [5, 5.41) is 9.35. The van der Waals surface area contributed by atoms with Crippen LogP contribution in [0.25, 0.3) is 0 Å². The molecule has 0 fully saturated rings. The maximum atomic E-state index is 9.35. The van der Waals surface area contributed by atoms with Gasteiger partial charge >= 0.3 is 0 Å². The van der Waals surface area contributed by atoms with Gasteiger partial charge in [-0.05, 0) is 29.2 Å². The summed E-state index contributed by atoms with van der Waals surface area (Å²) in [6, 6.07) is 10.3. The summed E-state index contributed by atoms with van der Waals surface area (Å²) in [4.78, 5) is 0. The molecule has 0 aliphatic carbocycles. The Bertz CT molecular complexity index is 355. The van der Waals surface area contributed by atoms with Gasteiger partial charge in [0.15, 0.2) is 0 Å².